The molecule has 2 heterocycles. The number of ether oxygens (including phenoxy) is 1. The van der Waals surface area contributed by atoms with Crippen LogP contribution in [-0.4, -0.2) is 66.3 Å². The predicted molar refractivity (Wildman–Crippen MR) is 77.8 cm³/mol. The van der Waals surface area contributed by atoms with Gasteiger partial charge in [-0.25, -0.2) is 8.78 Å². The maximum atomic E-state index is 13.2. The number of hydrogen-bond donors (Lipinski definition) is 2. The van der Waals surface area contributed by atoms with Gasteiger partial charge >= 0.3 is 0 Å². The zero-order valence-corrected chi connectivity index (χ0v) is 13.1. The second kappa shape index (κ2) is 7.66. The van der Waals surface area contributed by atoms with Crippen molar-refractivity contribution in [1.82, 2.24) is 10.2 Å². The van der Waals surface area contributed by atoms with Gasteiger partial charge in [0.1, 0.15) is 6.10 Å². The Hall–Kier alpha value is -0.790. The van der Waals surface area contributed by atoms with Gasteiger partial charge in [0.15, 0.2) is 0 Å². The Bertz CT molecular complexity index is 382. The Labute approximate surface area is 130 Å². The van der Waals surface area contributed by atoms with Crippen molar-refractivity contribution in [3.8, 4) is 0 Å². The van der Waals surface area contributed by atoms with Crippen LogP contribution < -0.4 is 5.32 Å². The number of amides is 1. The number of halogens is 2. The predicted octanol–water partition coefficient (Wildman–Crippen LogP) is 1.15. The molecule has 0 radical (unpaired) electrons. The van der Waals surface area contributed by atoms with Crippen molar-refractivity contribution in [2.24, 2.45) is 0 Å². The number of nitrogens with one attached hydrogen (secondary N) is 1. The van der Waals surface area contributed by atoms with Crippen LogP contribution >= 0.6 is 0 Å². The summed E-state index contributed by atoms with van der Waals surface area (Å²) in [5.41, 5.74) is 0. The molecule has 128 valence electrons. The average molecular weight is 320 g/mol. The zero-order chi connectivity index (χ0) is 16.2. The Morgan fingerprint density at radius 3 is 2.86 bits per heavy atom. The number of carbonyl (C=O) groups is 1. The summed E-state index contributed by atoms with van der Waals surface area (Å²) in [5, 5.41) is 13.0. The minimum Gasteiger partial charge on any atom is -0.388 e. The number of unbranched alkanes of at least 4 members (excludes halogenated alkanes) is 2. The molecule has 0 bridgehead atoms. The largest absolute Gasteiger partial charge is 0.388 e. The van der Waals surface area contributed by atoms with E-state index in [1.54, 1.807) is 4.90 Å². The van der Waals surface area contributed by atoms with E-state index in [2.05, 4.69) is 12.2 Å². The van der Waals surface area contributed by atoms with Gasteiger partial charge < -0.3 is 15.2 Å². The Morgan fingerprint density at radius 1 is 1.45 bits per heavy atom. The molecule has 2 saturated heterocycles. The molecule has 2 aliphatic rings. The van der Waals surface area contributed by atoms with E-state index in [1.807, 2.05) is 0 Å². The fourth-order valence-electron chi connectivity index (χ4n) is 3.00. The third-order valence-corrected chi connectivity index (χ3v) is 4.32. The van der Waals surface area contributed by atoms with Crippen molar-refractivity contribution in [2.75, 3.05) is 26.2 Å². The molecule has 0 spiro atoms. The molecule has 5 nitrogen and oxygen atoms in total. The second-order valence-corrected chi connectivity index (χ2v) is 6.33. The molecule has 0 aromatic carbocycles. The normalized spacial score (nSPS) is 31.5. The van der Waals surface area contributed by atoms with Gasteiger partial charge in [0.2, 0.25) is 5.91 Å². The number of carbonyl (C=O) groups excluding carboxylic acids is 1. The lowest BCUT2D eigenvalue weighted by Crippen LogP contribution is -2.46. The smallest absolute Gasteiger partial charge is 0.261 e. The van der Waals surface area contributed by atoms with Crippen LogP contribution in [0.4, 0.5) is 8.78 Å². The van der Waals surface area contributed by atoms with Crippen molar-refractivity contribution in [3.05, 3.63) is 0 Å². The molecule has 2 fully saturated rings. The number of likely N-dealkylation sites (tertiary alicyclic amines) is 1. The first-order valence-corrected chi connectivity index (χ1v) is 8.10. The zero-order valence-electron chi connectivity index (χ0n) is 13.1. The number of rotatable bonds is 7. The maximum absolute atomic E-state index is 13.2. The average Bonchev–Trinajstić information content (AvgIpc) is 2.96. The molecule has 0 saturated carbocycles. The fourth-order valence-corrected chi connectivity index (χ4v) is 3.00. The van der Waals surface area contributed by atoms with Crippen molar-refractivity contribution < 1.29 is 23.4 Å². The second-order valence-electron chi connectivity index (χ2n) is 6.33. The van der Waals surface area contributed by atoms with Gasteiger partial charge in [-0.2, -0.15) is 0 Å². The first-order chi connectivity index (χ1) is 10.4. The third-order valence-electron chi connectivity index (χ3n) is 4.32. The van der Waals surface area contributed by atoms with Crippen molar-refractivity contribution in [1.29, 1.82) is 0 Å². The number of aliphatic hydroxyl groups excluding tert-OH is 1. The van der Waals surface area contributed by atoms with Crippen LogP contribution in [-0.2, 0) is 9.53 Å². The number of nitrogens with zero attached hydrogens (tertiary/aromatic N) is 1. The molecule has 0 aromatic rings. The summed E-state index contributed by atoms with van der Waals surface area (Å²) < 4.78 is 31.8. The van der Waals surface area contributed by atoms with E-state index in [0.29, 0.717) is 13.0 Å². The lowest BCUT2D eigenvalue weighted by molar-refractivity contribution is -0.122. The van der Waals surface area contributed by atoms with Gasteiger partial charge in [-0.3, -0.25) is 9.69 Å². The quantitative estimate of drug-likeness (QED) is 0.691. The van der Waals surface area contributed by atoms with E-state index in [-0.39, 0.29) is 32.0 Å². The van der Waals surface area contributed by atoms with E-state index in [0.717, 1.165) is 19.3 Å². The maximum Gasteiger partial charge on any atom is 0.261 e. The third kappa shape index (κ3) is 4.86. The minimum atomic E-state index is -2.64. The lowest BCUT2D eigenvalue weighted by atomic mass is 10.1. The molecule has 1 amide bonds. The first-order valence-electron chi connectivity index (χ1n) is 8.10. The molecule has 3 atom stereocenters. The Morgan fingerprint density at radius 2 is 2.23 bits per heavy atom. The van der Waals surface area contributed by atoms with Crippen LogP contribution in [0.5, 0.6) is 0 Å². The van der Waals surface area contributed by atoms with Gasteiger partial charge in [0, 0.05) is 25.9 Å². The Balaban J connectivity index is 1.73. The highest BCUT2D eigenvalue weighted by molar-refractivity contribution is 5.76. The van der Waals surface area contributed by atoms with E-state index in [1.165, 1.54) is 0 Å². The van der Waals surface area contributed by atoms with E-state index in [9.17, 15) is 18.7 Å². The topological polar surface area (TPSA) is 61.8 Å². The van der Waals surface area contributed by atoms with Crippen molar-refractivity contribution >= 4 is 5.91 Å². The minimum absolute atomic E-state index is 0.0885. The van der Waals surface area contributed by atoms with Gasteiger partial charge in [-0.05, 0) is 6.42 Å². The first kappa shape index (κ1) is 17.6. The molecule has 0 aliphatic carbocycles. The number of hydrogen-bond acceptors (Lipinski definition) is 4. The molecule has 2 rings (SSSR count). The summed E-state index contributed by atoms with van der Waals surface area (Å²) in [6, 6.07) is -0.442. The standard InChI is InChI=1S/C15H26F2N2O3/c1-2-3-4-5-13(20)18-11-9-22-12(14(11)21)8-19-7-6-15(16,17)10-19/h11-12,14,21H,2-10H2,1H3,(H,18,20). The Kier molecular flexibility index (Phi) is 6.11. The number of aliphatic hydroxyl groups is 1. The summed E-state index contributed by atoms with van der Waals surface area (Å²) in [6.45, 7) is 2.61. The van der Waals surface area contributed by atoms with Crippen molar-refractivity contribution in [3.63, 3.8) is 0 Å². The van der Waals surface area contributed by atoms with Gasteiger partial charge in [-0.1, -0.05) is 19.8 Å². The van der Waals surface area contributed by atoms with E-state index < -0.39 is 24.2 Å². The summed E-state index contributed by atoms with van der Waals surface area (Å²) in [7, 11) is 0. The molecule has 0 aromatic heterocycles. The monoisotopic (exact) mass is 320 g/mol. The van der Waals surface area contributed by atoms with E-state index in [4.69, 9.17) is 4.74 Å². The summed E-state index contributed by atoms with van der Waals surface area (Å²) >= 11 is 0. The van der Waals surface area contributed by atoms with Gasteiger partial charge in [0.05, 0.1) is 25.3 Å². The summed E-state index contributed by atoms with van der Waals surface area (Å²) in [6.07, 6.45) is 1.82. The highest BCUT2D eigenvalue weighted by Crippen LogP contribution is 2.28. The van der Waals surface area contributed by atoms with Crippen LogP contribution in [0.15, 0.2) is 0 Å². The van der Waals surface area contributed by atoms with Crippen LogP contribution in [0, 0.1) is 0 Å². The summed E-state index contributed by atoms with van der Waals surface area (Å²) in [5.74, 6) is -2.73. The SMILES string of the molecule is CCCCCC(=O)NC1COC(CN2CCC(F)(F)C2)C1O. The highest BCUT2D eigenvalue weighted by atomic mass is 19.3. The van der Waals surface area contributed by atoms with E-state index >= 15 is 0 Å². The van der Waals surface area contributed by atoms with Gasteiger partial charge in [-0.15, -0.1) is 0 Å². The summed E-state index contributed by atoms with van der Waals surface area (Å²) in [4.78, 5) is 13.4. The molecule has 7 heteroatoms. The van der Waals surface area contributed by atoms with Crippen molar-refractivity contribution in [2.45, 2.75) is 63.2 Å². The number of alkyl halides is 2. The molecule has 22 heavy (non-hydrogen) atoms. The van der Waals surface area contributed by atoms with Crippen LogP contribution in [0.1, 0.15) is 39.0 Å². The van der Waals surface area contributed by atoms with Crippen LogP contribution in [0.3, 0.4) is 0 Å². The molecular formula is C15H26F2N2O3. The van der Waals surface area contributed by atoms with Crippen LogP contribution in [0.2, 0.25) is 0 Å². The molecule has 3 unspecified atom stereocenters. The molecular weight excluding hydrogens is 294 g/mol. The van der Waals surface area contributed by atoms with Crippen LogP contribution in [0.25, 0.3) is 0 Å². The lowest BCUT2D eigenvalue weighted by Gasteiger charge is -2.23. The fraction of sp³-hybridized carbons (Fsp3) is 0.933. The van der Waals surface area contributed by atoms with Gasteiger partial charge in [0.25, 0.3) is 5.92 Å². The highest BCUT2D eigenvalue weighted by Gasteiger charge is 2.42. The molecule has 2 aliphatic heterocycles. The molecule has 2 N–H and O–H groups in total.